The number of fused-ring (bicyclic) bond motifs is 1. The van der Waals surface area contributed by atoms with Gasteiger partial charge in [-0.2, -0.15) is 0 Å². The molecular formula is C25H27N3O3. The molecule has 160 valence electrons. The molecule has 6 nitrogen and oxygen atoms in total. The molecule has 0 bridgehead atoms. The van der Waals surface area contributed by atoms with Gasteiger partial charge in [0.2, 0.25) is 5.91 Å². The number of amides is 1. The summed E-state index contributed by atoms with van der Waals surface area (Å²) in [6.07, 6.45) is 0.469. The molecule has 3 heterocycles. The van der Waals surface area contributed by atoms with Gasteiger partial charge in [-0.3, -0.25) is 9.69 Å². The normalized spacial score (nSPS) is 21.8. The van der Waals surface area contributed by atoms with E-state index in [1.54, 1.807) is 0 Å². The summed E-state index contributed by atoms with van der Waals surface area (Å²) in [5.74, 6) is 0.993. The average Bonchev–Trinajstić information content (AvgIpc) is 3.37. The standard InChI is InChI=1S/C25H27N3O3/c1-18-7-9-20(10-8-18)22-13-21(31-26-22)15-27-16-23-24(17-27)30-12-11-25(29)28(23)14-19-5-3-2-4-6-19/h2-10,13,23-24H,11-12,14-17H2,1H3/t23-,24-/m0/s1. The second kappa shape index (κ2) is 8.65. The number of likely N-dealkylation sites (tertiary alicyclic amines) is 1. The van der Waals surface area contributed by atoms with Gasteiger partial charge in [0, 0.05) is 31.3 Å². The van der Waals surface area contributed by atoms with Crippen LogP contribution in [0.15, 0.2) is 65.2 Å². The zero-order chi connectivity index (χ0) is 21.2. The lowest BCUT2D eigenvalue weighted by atomic mass is 10.1. The van der Waals surface area contributed by atoms with E-state index in [2.05, 4.69) is 53.4 Å². The van der Waals surface area contributed by atoms with Crippen LogP contribution in [0.2, 0.25) is 0 Å². The van der Waals surface area contributed by atoms with E-state index in [4.69, 9.17) is 9.26 Å². The quantitative estimate of drug-likeness (QED) is 0.634. The summed E-state index contributed by atoms with van der Waals surface area (Å²) in [4.78, 5) is 17.1. The fourth-order valence-electron chi connectivity index (χ4n) is 4.50. The van der Waals surface area contributed by atoms with Crippen molar-refractivity contribution in [1.82, 2.24) is 15.0 Å². The highest BCUT2D eigenvalue weighted by molar-refractivity contribution is 5.77. The Bertz CT molecular complexity index is 1030. The van der Waals surface area contributed by atoms with Crippen molar-refractivity contribution in [3.05, 3.63) is 77.6 Å². The Hall–Kier alpha value is -2.96. The number of carbonyl (C=O) groups excluding carboxylic acids is 1. The first-order valence-electron chi connectivity index (χ1n) is 10.9. The Labute approximate surface area is 182 Å². The molecule has 1 amide bonds. The van der Waals surface area contributed by atoms with Crippen LogP contribution in [0.25, 0.3) is 11.3 Å². The largest absolute Gasteiger partial charge is 0.374 e. The van der Waals surface area contributed by atoms with E-state index in [0.717, 1.165) is 35.7 Å². The van der Waals surface area contributed by atoms with Crippen molar-refractivity contribution in [3.63, 3.8) is 0 Å². The molecule has 0 spiro atoms. The van der Waals surface area contributed by atoms with E-state index in [9.17, 15) is 4.79 Å². The minimum atomic E-state index is 0.0228. The van der Waals surface area contributed by atoms with Gasteiger partial charge in [-0.05, 0) is 12.5 Å². The van der Waals surface area contributed by atoms with E-state index >= 15 is 0 Å². The van der Waals surface area contributed by atoms with E-state index in [1.165, 1.54) is 5.56 Å². The highest BCUT2D eigenvalue weighted by Crippen LogP contribution is 2.27. The van der Waals surface area contributed by atoms with Crippen molar-refractivity contribution in [3.8, 4) is 11.3 Å². The Morgan fingerprint density at radius 1 is 1.03 bits per heavy atom. The van der Waals surface area contributed by atoms with Crippen LogP contribution in [0.1, 0.15) is 23.3 Å². The number of hydrogen-bond acceptors (Lipinski definition) is 5. The number of aromatic nitrogens is 1. The molecule has 2 aromatic carbocycles. The molecular weight excluding hydrogens is 390 g/mol. The second-order valence-corrected chi connectivity index (χ2v) is 8.47. The minimum Gasteiger partial charge on any atom is -0.374 e. The maximum atomic E-state index is 12.8. The molecule has 31 heavy (non-hydrogen) atoms. The smallest absolute Gasteiger partial charge is 0.225 e. The third-order valence-corrected chi connectivity index (χ3v) is 6.16. The van der Waals surface area contributed by atoms with Crippen LogP contribution in [0.5, 0.6) is 0 Å². The molecule has 5 rings (SSSR count). The van der Waals surface area contributed by atoms with Gasteiger partial charge in [0.1, 0.15) is 5.69 Å². The van der Waals surface area contributed by atoms with Crippen LogP contribution in [-0.2, 0) is 22.6 Å². The first kappa shape index (κ1) is 20.0. The van der Waals surface area contributed by atoms with Crippen molar-refractivity contribution in [2.75, 3.05) is 19.7 Å². The Kier molecular flexibility index (Phi) is 5.57. The lowest BCUT2D eigenvalue weighted by molar-refractivity contribution is -0.133. The number of ether oxygens (including phenoxy) is 1. The van der Waals surface area contributed by atoms with Crippen LogP contribution in [0, 0.1) is 6.92 Å². The molecule has 2 aliphatic rings. The summed E-state index contributed by atoms with van der Waals surface area (Å²) in [7, 11) is 0. The topological polar surface area (TPSA) is 58.8 Å². The van der Waals surface area contributed by atoms with Crippen molar-refractivity contribution in [1.29, 1.82) is 0 Å². The van der Waals surface area contributed by atoms with E-state index in [-0.39, 0.29) is 18.1 Å². The second-order valence-electron chi connectivity index (χ2n) is 8.47. The van der Waals surface area contributed by atoms with Crippen molar-refractivity contribution < 1.29 is 14.1 Å². The van der Waals surface area contributed by atoms with Gasteiger partial charge < -0.3 is 14.2 Å². The zero-order valence-corrected chi connectivity index (χ0v) is 17.7. The maximum Gasteiger partial charge on any atom is 0.225 e. The first-order chi connectivity index (χ1) is 15.2. The van der Waals surface area contributed by atoms with Gasteiger partial charge in [0.05, 0.1) is 31.7 Å². The molecule has 6 heteroatoms. The zero-order valence-electron chi connectivity index (χ0n) is 17.7. The van der Waals surface area contributed by atoms with Gasteiger partial charge in [-0.1, -0.05) is 65.3 Å². The third-order valence-electron chi connectivity index (χ3n) is 6.16. The minimum absolute atomic E-state index is 0.0228. The predicted molar refractivity (Wildman–Crippen MR) is 117 cm³/mol. The molecule has 0 aliphatic carbocycles. The van der Waals surface area contributed by atoms with Crippen molar-refractivity contribution >= 4 is 5.91 Å². The number of aryl methyl sites for hydroxylation is 1. The molecule has 2 saturated heterocycles. The summed E-state index contributed by atoms with van der Waals surface area (Å²) in [5.41, 5.74) is 4.27. The Morgan fingerprint density at radius 3 is 2.65 bits per heavy atom. The van der Waals surface area contributed by atoms with Gasteiger partial charge in [-0.25, -0.2) is 0 Å². The van der Waals surface area contributed by atoms with Gasteiger partial charge >= 0.3 is 0 Å². The number of nitrogens with zero attached hydrogens (tertiary/aromatic N) is 3. The van der Waals surface area contributed by atoms with Crippen LogP contribution < -0.4 is 0 Å². The average molecular weight is 418 g/mol. The van der Waals surface area contributed by atoms with Crippen molar-refractivity contribution in [2.24, 2.45) is 0 Å². The summed E-state index contributed by atoms with van der Waals surface area (Å²) in [6.45, 7) is 5.38. The summed E-state index contributed by atoms with van der Waals surface area (Å²) in [5, 5.41) is 4.25. The first-order valence-corrected chi connectivity index (χ1v) is 10.9. The fraction of sp³-hybridized carbons (Fsp3) is 0.360. The van der Waals surface area contributed by atoms with Crippen LogP contribution in [-0.4, -0.2) is 52.7 Å². The fourth-order valence-corrected chi connectivity index (χ4v) is 4.50. The SMILES string of the molecule is Cc1ccc(-c2cc(CN3C[C@@H]4OCCC(=O)N(Cc5ccccc5)[C@H]4C3)on2)cc1. The molecule has 3 aromatic rings. The van der Waals surface area contributed by atoms with E-state index in [1.807, 2.05) is 29.2 Å². The van der Waals surface area contributed by atoms with Gasteiger partial charge in [-0.15, -0.1) is 0 Å². The van der Waals surface area contributed by atoms with E-state index < -0.39 is 0 Å². The molecule has 0 unspecified atom stereocenters. The Balaban J connectivity index is 1.28. The molecule has 2 atom stereocenters. The molecule has 2 fully saturated rings. The number of rotatable bonds is 5. The molecule has 0 saturated carbocycles. The van der Waals surface area contributed by atoms with Gasteiger partial charge in [0.25, 0.3) is 0 Å². The molecule has 2 aliphatic heterocycles. The lowest BCUT2D eigenvalue weighted by Gasteiger charge is -2.29. The van der Waals surface area contributed by atoms with Crippen LogP contribution in [0.3, 0.4) is 0 Å². The lowest BCUT2D eigenvalue weighted by Crippen LogP contribution is -2.45. The molecule has 0 radical (unpaired) electrons. The van der Waals surface area contributed by atoms with E-state index in [0.29, 0.717) is 26.1 Å². The summed E-state index contributed by atoms with van der Waals surface area (Å²) in [6, 6.07) is 20.5. The highest BCUT2D eigenvalue weighted by Gasteiger charge is 2.41. The summed E-state index contributed by atoms with van der Waals surface area (Å²) >= 11 is 0. The van der Waals surface area contributed by atoms with Crippen LogP contribution >= 0.6 is 0 Å². The Morgan fingerprint density at radius 2 is 1.84 bits per heavy atom. The predicted octanol–water partition coefficient (Wildman–Crippen LogP) is 3.65. The van der Waals surface area contributed by atoms with Crippen LogP contribution in [0.4, 0.5) is 0 Å². The van der Waals surface area contributed by atoms with Crippen molar-refractivity contribution in [2.45, 2.75) is 38.6 Å². The molecule has 0 N–H and O–H groups in total. The highest BCUT2D eigenvalue weighted by atomic mass is 16.5. The number of hydrogen-bond donors (Lipinski definition) is 0. The third kappa shape index (κ3) is 4.40. The monoisotopic (exact) mass is 417 g/mol. The van der Waals surface area contributed by atoms with Gasteiger partial charge in [0.15, 0.2) is 5.76 Å². The number of carbonyl (C=O) groups is 1. The number of benzene rings is 2. The molecule has 1 aromatic heterocycles. The maximum absolute atomic E-state index is 12.8. The summed E-state index contributed by atoms with van der Waals surface area (Å²) < 4.78 is 11.7.